The van der Waals surface area contributed by atoms with Crippen molar-refractivity contribution in [2.45, 2.75) is 25.3 Å². The van der Waals surface area contributed by atoms with Gasteiger partial charge in [0, 0.05) is 16.7 Å². The Labute approximate surface area is 190 Å². The van der Waals surface area contributed by atoms with E-state index in [2.05, 4.69) is 17.4 Å². The fourth-order valence-corrected chi connectivity index (χ4v) is 4.04. The molecule has 1 unspecified atom stereocenters. The SMILES string of the molecule is COc1cc(C(=O)NC2CCCc3ccccc32)ccc1Oc1ccc(Cl)cc1[N+](=O)[O-]. The summed E-state index contributed by atoms with van der Waals surface area (Å²) in [4.78, 5) is 23.7. The van der Waals surface area contributed by atoms with E-state index in [1.807, 2.05) is 12.1 Å². The topological polar surface area (TPSA) is 90.7 Å². The number of nitro groups is 1. The second-order valence-corrected chi connectivity index (χ2v) is 7.89. The van der Waals surface area contributed by atoms with Crippen molar-refractivity contribution in [3.63, 3.8) is 0 Å². The van der Waals surface area contributed by atoms with E-state index in [0.29, 0.717) is 5.56 Å². The maximum atomic E-state index is 12.9. The zero-order chi connectivity index (χ0) is 22.7. The molecule has 8 heteroatoms. The van der Waals surface area contributed by atoms with Gasteiger partial charge in [0.05, 0.1) is 18.1 Å². The van der Waals surface area contributed by atoms with Gasteiger partial charge in [0.15, 0.2) is 11.5 Å². The Balaban J connectivity index is 1.56. The van der Waals surface area contributed by atoms with E-state index >= 15 is 0 Å². The largest absolute Gasteiger partial charge is 0.493 e. The van der Waals surface area contributed by atoms with Gasteiger partial charge in [0.2, 0.25) is 5.75 Å². The lowest BCUT2D eigenvalue weighted by atomic mass is 9.87. The number of hydrogen-bond acceptors (Lipinski definition) is 5. The molecule has 0 radical (unpaired) electrons. The Morgan fingerprint density at radius 3 is 2.66 bits per heavy atom. The fourth-order valence-electron chi connectivity index (χ4n) is 3.88. The number of fused-ring (bicyclic) bond motifs is 1. The standard InChI is InChI=1S/C24H21ClN2O5/c1-31-23-13-16(24(28)26-19-8-4-6-15-5-2-3-7-18(15)19)9-11-22(23)32-21-12-10-17(25)14-20(21)27(29)30/h2-3,5,7,9-14,19H,4,6,8H2,1H3,(H,26,28). The highest BCUT2D eigenvalue weighted by atomic mass is 35.5. The van der Waals surface area contributed by atoms with Crippen LogP contribution in [0.3, 0.4) is 0 Å². The molecule has 4 rings (SSSR count). The van der Waals surface area contributed by atoms with E-state index < -0.39 is 4.92 Å². The van der Waals surface area contributed by atoms with Crippen molar-refractivity contribution in [2.75, 3.05) is 7.11 Å². The van der Waals surface area contributed by atoms with Crippen LogP contribution in [0.2, 0.25) is 5.02 Å². The van der Waals surface area contributed by atoms with Crippen LogP contribution < -0.4 is 14.8 Å². The number of benzene rings is 3. The molecule has 0 fully saturated rings. The van der Waals surface area contributed by atoms with Crippen LogP contribution in [-0.2, 0) is 6.42 Å². The van der Waals surface area contributed by atoms with Gasteiger partial charge >= 0.3 is 5.69 Å². The minimum absolute atomic E-state index is 0.0220. The van der Waals surface area contributed by atoms with Crippen molar-refractivity contribution >= 4 is 23.2 Å². The van der Waals surface area contributed by atoms with E-state index in [1.54, 1.807) is 18.2 Å². The van der Waals surface area contributed by atoms with Crippen molar-refractivity contribution in [2.24, 2.45) is 0 Å². The number of carbonyl (C=O) groups excluding carboxylic acids is 1. The Morgan fingerprint density at radius 1 is 1.09 bits per heavy atom. The third-order valence-corrected chi connectivity index (χ3v) is 5.67. The molecule has 0 aromatic heterocycles. The number of ether oxygens (including phenoxy) is 2. The molecule has 164 valence electrons. The molecule has 1 aliphatic rings. The lowest BCUT2D eigenvalue weighted by molar-refractivity contribution is -0.385. The maximum absolute atomic E-state index is 12.9. The van der Waals surface area contributed by atoms with Crippen molar-refractivity contribution < 1.29 is 19.2 Å². The molecule has 0 saturated carbocycles. The summed E-state index contributed by atoms with van der Waals surface area (Å²) in [6.07, 6.45) is 2.90. The summed E-state index contributed by atoms with van der Waals surface area (Å²) in [5, 5.41) is 14.7. The summed E-state index contributed by atoms with van der Waals surface area (Å²) in [6, 6.07) is 16.9. The lowest BCUT2D eigenvalue weighted by Crippen LogP contribution is -2.30. The zero-order valence-electron chi connectivity index (χ0n) is 17.3. The van der Waals surface area contributed by atoms with Gasteiger partial charge in [0.25, 0.3) is 5.91 Å². The van der Waals surface area contributed by atoms with Gasteiger partial charge in [-0.25, -0.2) is 0 Å². The number of methoxy groups -OCH3 is 1. The van der Waals surface area contributed by atoms with Crippen molar-refractivity contribution in [1.82, 2.24) is 5.32 Å². The van der Waals surface area contributed by atoms with E-state index in [4.69, 9.17) is 21.1 Å². The number of nitrogens with zero attached hydrogens (tertiary/aromatic N) is 1. The zero-order valence-corrected chi connectivity index (χ0v) is 18.1. The molecule has 0 spiro atoms. The summed E-state index contributed by atoms with van der Waals surface area (Å²) < 4.78 is 11.1. The summed E-state index contributed by atoms with van der Waals surface area (Å²) in [5.74, 6) is 0.325. The van der Waals surface area contributed by atoms with Crippen LogP contribution in [0, 0.1) is 10.1 Å². The summed E-state index contributed by atoms with van der Waals surface area (Å²) in [7, 11) is 1.44. The Kier molecular flexibility index (Phi) is 6.28. The second kappa shape index (κ2) is 9.28. The number of nitrogens with one attached hydrogen (secondary N) is 1. The number of hydrogen-bond donors (Lipinski definition) is 1. The van der Waals surface area contributed by atoms with Gasteiger partial charge in [-0.2, -0.15) is 0 Å². The maximum Gasteiger partial charge on any atom is 0.313 e. The smallest absolute Gasteiger partial charge is 0.313 e. The van der Waals surface area contributed by atoms with Gasteiger partial charge in [0.1, 0.15) is 0 Å². The average molecular weight is 453 g/mol. The molecular formula is C24H21ClN2O5. The van der Waals surface area contributed by atoms with E-state index in [0.717, 1.165) is 24.8 Å². The minimum Gasteiger partial charge on any atom is -0.493 e. The Morgan fingerprint density at radius 2 is 1.88 bits per heavy atom. The third-order valence-electron chi connectivity index (χ3n) is 5.44. The first-order chi connectivity index (χ1) is 15.5. The number of rotatable bonds is 6. The van der Waals surface area contributed by atoms with E-state index in [-0.39, 0.29) is 39.9 Å². The highest BCUT2D eigenvalue weighted by Gasteiger charge is 2.23. The van der Waals surface area contributed by atoms with Gasteiger partial charge in [-0.05, 0) is 60.7 Å². The normalized spacial score (nSPS) is 14.9. The molecule has 0 heterocycles. The molecule has 1 atom stereocenters. The van der Waals surface area contributed by atoms with Crippen LogP contribution >= 0.6 is 11.6 Å². The molecule has 3 aromatic carbocycles. The number of nitro benzene ring substituents is 1. The molecule has 1 N–H and O–H groups in total. The first-order valence-corrected chi connectivity index (χ1v) is 10.5. The summed E-state index contributed by atoms with van der Waals surface area (Å²) >= 11 is 5.86. The predicted octanol–water partition coefficient (Wildman–Crippen LogP) is 5.86. The Hall–Kier alpha value is -3.58. The van der Waals surface area contributed by atoms with Gasteiger partial charge in [-0.3, -0.25) is 14.9 Å². The van der Waals surface area contributed by atoms with Crippen LogP contribution in [0.25, 0.3) is 0 Å². The first-order valence-electron chi connectivity index (χ1n) is 10.1. The molecule has 0 aliphatic heterocycles. The molecule has 3 aromatic rings. The van der Waals surface area contributed by atoms with Gasteiger partial charge < -0.3 is 14.8 Å². The molecule has 7 nitrogen and oxygen atoms in total. The van der Waals surface area contributed by atoms with Crippen molar-refractivity contribution in [3.8, 4) is 17.2 Å². The minimum atomic E-state index is -0.572. The van der Waals surface area contributed by atoms with Crippen LogP contribution in [0.5, 0.6) is 17.2 Å². The number of aryl methyl sites for hydroxylation is 1. The quantitative estimate of drug-likeness (QED) is 0.374. The van der Waals surface area contributed by atoms with Crippen molar-refractivity contribution in [3.05, 3.63) is 92.5 Å². The fraction of sp³-hybridized carbons (Fsp3) is 0.208. The third kappa shape index (κ3) is 4.53. The van der Waals surface area contributed by atoms with Crippen LogP contribution in [0.1, 0.15) is 40.4 Å². The highest BCUT2D eigenvalue weighted by molar-refractivity contribution is 6.30. The van der Waals surface area contributed by atoms with Crippen LogP contribution in [0.15, 0.2) is 60.7 Å². The average Bonchev–Trinajstić information content (AvgIpc) is 2.80. The van der Waals surface area contributed by atoms with Crippen LogP contribution in [-0.4, -0.2) is 17.9 Å². The molecule has 0 saturated heterocycles. The molecule has 1 amide bonds. The van der Waals surface area contributed by atoms with Gasteiger partial charge in [-0.15, -0.1) is 0 Å². The number of amides is 1. The van der Waals surface area contributed by atoms with E-state index in [1.165, 1.54) is 30.9 Å². The number of carbonyl (C=O) groups is 1. The lowest BCUT2D eigenvalue weighted by Gasteiger charge is -2.26. The molecule has 32 heavy (non-hydrogen) atoms. The number of halogens is 1. The second-order valence-electron chi connectivity index (χ2n) is 7.45. The van der Waals surface area contributed by atoms with E-state index in [9.17, 15) is 14.9 Å². The predicted molar refractivity (Wildman–Crippen MR) is 121 cm³/mol. The summed E-state index contributed by atoms with van der Waals surface area (Å²) in [6.45, 7) is 0. The first kappa shape index (κ1) is 21.6. The highest BCUT2D eigenvalue weighted by Crippen LogP contribution is 2.38. The Bertz CT molecular complexity index is 1180. The molecule has 0 bridgehead atoms. The van der Waals surface area contributed by atoms with Crippen LogP contribution in [0.4, 0.5) is 5.69 Å². The molecule has 1 aliphatic carbocycles. The summed E-state index contributed by atoms with van der Waals surface area (Å²) in [5.41, 5.74) is 2.55. The van der Waals surface area contributed by atoms with Crippen molar-refractivity contribution in [1.29, 1.82) is 0 Å². The van der Waals surface area contributed by atoms with Gasteiger partial charge in [-0.1, -0.05) is 35.9 Å². The monoisotopic (exact) mass is 452 g/mol. The molecular weight excluding hydrogens is 432 g/mol.